The number of urea groups is 1. The Morgan fingerprint density at radius 3 is 2.34 bits per heavy atom. The van der Waals surface area contributed by atoms with Gasteiger partial charge in [-0.2, -0.15) is 0 Å². The lowest BCUT2D eigenvalue weighted by molar-refractivity contribution is -0.384. The van der Waals surface area contributed by atoms with E-state index in [4.69, 9.17) is 4.74 Å². The highest BCUT2D eigenvalue weighted by atomic mass is 16.6. The number of nitrogens with one attached hydrogen (secondary N) is 1. The van der Waals surface area contributed by atoms with Gasteiger partial charge in [-0.3, -0.25) is 24.6 Å². The zero-order valence-corrected chi connectivity index (χ0v) is 15.9. The van der Waals surface area contributed by atoms with Crippen LogP contribution < -0.4 is 5.32 Å². The average Bonchev–Trinajstić information content (AvgIpc) is 2.91. The van der Waals surface area contributed by atoms with E-state index in [-0.39, 0.29) is 12.3 Å². The van der Waals surface area contributed by atoms with Gasteiger partial charge in [0.25, 0.3) is 11.6 Å². The summed E-state index contributed by atoms with van der Waals surface area (Å²) in [5.41, 5.74) is 0.841. The van der Waals surface area contributed by atoms with E-state index in [1.807, 2.05) is 19.1 Å². The van der Waals surface area contributed by atoms with E-state index in [2.05, 4.69) is 5.32 Å². The number of carbonyl (C=O) groups is 3. The highest BCUT2D eigenvalue weighted by Crippen LogP contribution is 2.29. The van der Waals surface area contributed by atoms with Gasteiger partial charge in [-0.1, -0.05) is 29.8 Å². The summed E-state index contributed by atoms with van der Waals surface area (Å²) in [6.45, 7) is 2.84. The predicted molar refractivity (Wildman–Crippen MR) is 102 cm³/mol. The fourth-order valence-electron chi connectivity index (χ4n) is 2.98. The molecule has 150 valence electrons. The van der Waals surface area contributed by atoms with Crippen LogP contribution in [-0.2, 0) is 26.5 Å². The van der Waals surface area contributed by atoms with Crippen LogP contribution in [0.5, 0.6) is 0 Å². The molecule has 1 aliphatic heterocycles. The van der Waals surface area contributed by atoms with Crippen molar-refractivity contribution in [2.24, 2.45) is 0 Å². The van der Waals surface area contributed by atoms with E-state index < -0.39 is 34.9 Å². The predicted octanol–water partition coefficient (Wildman–Crippen LogP) is 2.41. The number of nitrogens with zero attached hydrogens (tertiary/aromatic N) is 2. The molecule has 1 saturated heterocycles. The molecule has 1 atom stereocenters. The number of esters is 1. The summed E-state index contributed by atoms with van der Waals surface area (Å²) in [6, 6.07) is 12.0. The number of non-ortho nitro benzene ring substituents is 1. The van der Waals surface area contributed by atoms with Crippen LogP contribution in [0.4, 0.5) is 10.5 Å². The number of hydrogen-bond donors (Lipinski definition) is 1. The highest BCUT2D eigenvalue weighted by Gasteiger charge is 2.49. The Morgan fingerprint density at radius 2 is 1.76 bits per heavy atom. The van der Waals surface area contributed by atoms with Gasteiger partial charge in [0.05, 0.1) is 4.92 Å². The number of aryl methyl sites for hydroxylation is 1. The molecule has 1 fully saturated rings. The monoisotopic (exact) mass is 397 g/mol. The minimum atomic E-state index is -1.26. The molecule has 2 aromatic carbocycles. The molecule has 0 aliphatic carbocycles. The Kier molecular flexibility index (Phi) is 5.31. The molecular formula is C20H19N3O6. The number of nitro benzene ring substituents is 1. The van der Waals surface area contributed by atoms with Gasteiger partial charge in [0.1, 0.15) is 18.7 Å². The third-order valence-electron chi connectivity index (χ3n) is 4.74. The van der Waals surface area contributed by atoms with Gasteiger partial charge >= 0.3 is 12.0 Å². The van der Waals surface area contributed by atoms with Gasteiger partial charge in [-0.15, -0.1) is 0 Å². The topological polar surface area (TPSA) is 119 Å². The summed E-state index contributed by atoms with van der Waals surface area (Å²) in [6.07, 6.45) is 0. The van der Waals surface area contributed by atoms with E-state index in [9.17, 15) is 24.5 Å². The minimum Gasteiger partial charge on any atom is -0.459 e. The van der Waals surface area contributed by atoms with Gasteiger partial charge in [0, 0.05) is 12.1 Å². The number of rotatable bonds is 6. The molecule has 3 amide bonds. The second kappa shape index (κ2) is 7.70. The van der Waals surface area contributed by atoms with Crippen molar-refractivity contribution in [3.63, 3.8) is 0 Å². The maximum absolute atomic E-state index is 12.8. The van der Waals surface area contributed by atoms with Gasteiger partial charge in [0.2, 0.25) is 0 Å². The number of nitro groups is 1. The van der Waals surface area contributed by atoms with Crippen molar-refractivity contribution in [2.75, 3.05) is 6.54 Å². The second-order valence-corrected chi connectivity index (χ2v) is 6.90. The van der Waals surface area contributed by atoms with Crippen LogP contribution in [0, 0.1) is 17.0 Å². The maximum atomic E-state index is 12.8. The molecule has 0 radical (unpaired) electrons. The molecule has 0 bridgehead atoms. The first-order valence-corrected chi connectivity index (χ1v) is 8.81. The summed E-state index contributed by atoms with van der Waals surface area (Å²) in [7, 11) is 0. The Balaban J connectivity index is 1.62. The summed E-state index contributed by atoms with van der Waals surface area (Å²) >= 11 is 0. The van der Waals surface area contributed by atoms with Crippen molar-refractivity contribution in [1.82, 2.24) is 10.2 Å². The van der Waals surface area contributed by atoms with Crippen molar-refractivity contribution in [3.05, 3.63) is 75.3 Å². The van der Waals surface area contributed by atoms with Crippen molar-refractivity contribution < 1.29 is 24.0 Å². The molecule has 9 nitrogen and oxygen atoms in total. The van der Waals surface area contributed by atoms with Gasteiger partial charge in [0.15, 0.2) is 0 Å². The SMILES string of the molecule is Cc1ccc([C@]2(C)NC(=O)N(CC(=O)OCc3ccc([N+](=O)[O-])cc3)C2=O)cc1. The van der Waals surface area contributed by atoms with Crippen LogP contribution >= 0.6 is 0 Å². The summed E-state index contributed by atoms with van der Waals surface area (Å²) < 4.78 is 5.09. The van der Waals surface area contributed by atoms with Crippen LogP contribution in [0.25, 0.3) is 0 Å². The number of carbonyl (C=O) groups excluding carboxylic acids is 3. The van der Waals surface area contributed by atoms with Gasteiger partial charge < -0.3 is 10.1 Å². The highest BCUT2D eigenvalue weighted by molar-refractivity contribution is 6.08. The molecule has 1 heterocycles. The third kappa shape index (κ3) is 4.08. The second-order valence-electron chi connectivity index (χ2n) is 6.90. The molecule has 2 aromatic rings. The molecule has 1 aliphatic rings. The van der Waals surface area contributed by atoms with E-state index in [1.54, 1.807) is 19.1 Å². The van der Waals surface area contributed by atoms with Crippen LogP contribution in [0.3, 0.4) is 0 Å². The molecular weight excluding hydrogens is 378 g/mol. The normalized spacial score (nSPS) is 18.5. The van der Waals surface area contributed by atoms with Crippen LogP contribution in [-0.4, -0.2) is 34.3 Å². The summed E-state index contributed by atoms with van der Waals surface area (Å²) in [5, 5.41) is 13.3. The molecule has 3 rings (SSSR count). The van der Waals surface area contributed by atoms with Gasteiger partial charge in [-0.25, -0.2) is 4.79 Å². The van der Waals surface area contributed by atoms with Crippen molar-refractivity contribution in [2.45, 2.75) is 26.0 Å². The summed E-state index contributed by atoms with van der Waals surface area (Å²) in [5.74, 6) is -1.31. The summed E-state index contributed by atoms with van der Waals surface area (Å²) in [4.78, 5) is 48.1. The zero-order valence-electron chi connectivity index (χ0n) is 15.9. The number of amides is 3. The first-order valence-electron chi connectivity index (χ1n) is 8.81. The number of ether oxygens (including phenoxy) is 1. The Morgan fingerprint density at radius 1 is 1.14 bits per heavy atom. The molecule has 0 spiro atoms. The fourth-order valence-corrected chi connectivity index (χ4v) is 2.98. The largest absolute Gasteiger partial charge is 0.459 e. The lowest BCUT2D eigenvalue weighted by Crippen LogP contribution is -2.41. The first kappa shape index (κ1) is 20.0. The molecule has 29 heavy (non-hydrogen) atoms. The Labute approximate surface area is 166 Å². The Hall–Kier alpha value is -3.75. The van der Waals surface area contributed by atoms with Gasteiger partial charge in [-0.05, 0) is 37.1 Å². The van der Waals surface area contributed by atoms with Crippen molar-refractivity contribution in [1.29, 1.82) is 0 Å². The lowest BCUT2D eigenvalue weighted by atomic mass is 9.91. The van der Waals surface area contributed by atoms with Crippen LogP contribution in [0.2, 0.25) is 0 Å². The number of imide groups is 1. The molecule has 0 saturated carbocycles. The molecule has 0 aromatic heterocycles. The standard InChI is InChI=1S/C20H19N3O6/c1-13-3-7-15(8-4-13)20(2)18(25)22(19(26)21-20)11-17(24)29-12-14-5-9-16(10-6-14)23(27)28/h3-10H,11-12H2,1-2H3,(H,21,26)/t20-/m0/s1. The van der Waals surface area contributed by atoms with E-state index >= 15 is 0 Å². The van der Waals surface area contributed by atoms with E-state index in [0.717, 1.165) is 10.5 Å². The fraction of sp³-hybridized carbons (Fsp3) is 0.250. The number of benzene rings is 2. The van der Waals surface area contributed by atoms with Crippen LogP contribution in [0.15, 0.2) is 48.5 Å². The van der Waals surface area contributed by atoms with E-state index in [1.165, 1.54) is 24.3 Å². The van der Waals surface area contributed by atoms with Crippen molar-refractivity contribution >= 4 is 23.6 Å². The average molecular weight is 397 g/mol. The minimum absolute atomic E-state index is 0.0743. The maximum Gasteiger partial charge on any atom is 0.326 e. The quantitative estimate of drug-likeness (QED) is 0.346. The van der Waals surface area contributed by atoms with Crippen LogP contribution in [0.1, 0.15) is 23.6 Å². The molecule has 1 N–H and O–H groups in total. The first-order chi connectivity index (χ1) is 13.7. The lowest BCUT2D eigenvalue weighted by Gasteiger charge is -2.22. The number of hydrogen-bond acceptors (Lipinski definition) is 6. The zero-order chi connectivity index (χ0) is 21.2. The third-order valence-corrected chi connectivity index (χ3v) is 4.74. The molecule has 0 unspecified atom stereocenters. The smallest absolute Gasteiger partial charge is 0.326 e. The van der Waals surface area contributed by atoms with Crippen molar-refractivity contribution in [3.8, 4) is 0 Å². The Bertz CT molecular complexity index is 971. The van der Waals surface area contributed by atoms with E-state index in [0.29, 0.717) is 11.1 Å². The molecule has 9 heteroatoms.